The highest BCUT2D eigenvalue weighted by Gasteiger charge is 2.61. The third kappa shape index (κ3) is 5.82. The van der Waals surface area contributed by atoms with Crippen molar-refractivity contribution in [2.75, 3.05) is 0 Å². The molecule has 4 heteroatoms. The van der Waals surface area contributed by atoms with Crippen molar-refractivity contribution in [3.05, 3.63) is 140 Å². The first-order chi connectivity index (χ1) is 20.0. The largest absolute Gasteiger partial charge is 0.378 e. The van der Waals surface area contributed by atoms with Gasteiger partial charge in [0.1, 0.15) is 23.4 Å². The summed E-state index contributed by atoms with van der Waals surface area (Å²) in [5.74, 6) is -1.09. The Balaban J connectivity index is 1.86. The van der Waals surface area contributed by atoms with E-state index in [1.807, 2.05) is 118 Å². The molecule has 4 aromatic carbocycles. The fourth-order valence-electron chi connectivity index (χ4n) is 7.14. The number of benzene rings is 4. The SMILES string of the molecule is Cc1cc(C)cc(C(O)(c2cc(C)cc(C)c2)[C@@H]2OC(C)(C)O[C@H]2C(O)(c2cc(C)cc(C)c2)c2cc(C)cc(C)c2)c1. The van der Waals surface area contributed by atoms with Gasteiger partial charge in [0.15, 0.2) is 5.79 Å². The van der Waals surface area contributed by atoms with Crippen LogP contribution in [0.25, 0.3) is 0 Å². The lowest BCUT2D eigenvalue weighted by atomic mass is 9.70. The zero-order valence-corrected chi connectivity index (χ0v) is 27.3. The molecule has 2 N–H and O–H groups in total. The second kappa shape index (κ2) is 11.0. The first kappa shape index (κ1) is 31.2. The van der Waals surface area contributed by atoms with E-state index in [1.165, 1.54) is 0 Å². The van der Waals surface area contributed by atoms with E-state index in [2.05, 4.69) is 24.3 Å². The van der Waals surface area contributed by atoms with Crippen LogP contribution in [0, 0.1) is 55.4 Å². The number of aryl methyl sites for hydroxylation is 8. The predicted molar refractivity (Wildman–Crippen MR) is 173 cm³/mol. The quantitative estimate of drug-likeness (QED) is 0.245. The second-order valence-corrected chi connectivity index (χ2v) is 13.5. The van der Waals surface area contributed by atoms with Crippen LogP contribution in [0.1, 0.15) is 80.6 Å². The van der Waals surface area contributed by atoms with Crippen molar-refractivity contribution in [3.8, 4) is 0 Å². The van der Waals surface area contributed by atoms with E-state index in [1.54, 1.807) is 0 Å². The van der Waals surface area contributed by atoms with Crippen molar-refractivity contribution in [3.63, 3.8) is 0 Å². The second-order valence-electron chi connectivity index (χ2n) is 13.5. The highest BCUT2D eigenvalue weighted by atomic mass is 16.8. The summed E-state index contributed by atoms with van der Waals surface area (Å²) < 4.78 is 13.5. The lowest BCUT2D eigenvalue weighted by Crippen LogP contribution is -2.55. The molecule has 2 atom stereocenters. The zero-order chi connectivity index (χ0) is 31.5. The molecule has 226 valence electrons. The molecular weight excluding hydrogens is 532 g/mol. The van der Waals surface area contributed by atoms with E-state index in [-0.39, 0.29) is 0 Å². The minimum Gasteiger partial charge on any atom is -0.378 e. The molecular formula is C39H46O4. The van der Waals surface area contributed by atoms with Gasteiger partial charge in [-0.2, -0.15) is 0 Å². The van der Waals surface area contributed by atoms with Crippen molar-refractivity contribution in [2.24, 2.45) is 0 Å². The molecule has 0 bridgehead atoms. The van der Waals surface area contributed by atoms with Gasteiger partial charge in [0, 0.05) is 0 Å². The minimum absolute atomic E-state index is 0.703. The monoisotopic (exact) mass is 578 g/mol. The van der Waals surface area contributed by atoms with E-state index < -0.39 is 29.2 Å². The molecule has 43 heavy (non-hydrogen) atoms. The van der Waals surface area contributed by atoms with Crippen LogP contribution in [-0.2, 0) is 20.7 Å². The average molecular weight is 579 g/mol. The lowest BCUT2D eigenvalue weighted by molar-refractivity contribution is -0.172. The first-order valence-electron chi connectivity index (χ1n) is 15.2. The number of rotatable bonds is 6. The Kier molecular flexibility index (Phi) is 7.98. The Hall–Kier alpha value is -3.28. The fourth-order valence-corrected chi connectivity index (χ4v) is 7.14. The standard InChI is InChI=1S/C39H46O4/c1-23-11-24(2)16-31(15-23)38(40,32-17-25(3)12-26(4)18-32)35-36(43-37(9,10)42-35)39(41,33-19-27(5)13-28(6)20-33)34-21-29(7)14-30(8)22-34/h11-22,35-36,40-41H,1-10H3/t35-,36-/m1/s1. The summed E-state index contributed by atoms with van der Waals surface area (Å²) in [6.45, 7) is 20.0. The molecule has 0 unspecified atom stereocenters. The van der Waals surface area contributed by atoms with E-state index >= 15 is 0 Å². The van der Waals surface area contributed by atoms with Crippen LogP contribution >= 0.6 is 0 Å². The minimum atomic E-state index is -1.66. The first-order valence-corrected chi connectivity index (χ1v) is 15.2. The average Bonchev–Trinajstić information content (AvgIpc) is 3.21. The Morgan fingerprint density at radius 3 is 0.791 bits per heavy atom. The van der Waals surface area contributed by atoms with Gasteiger partial charge in [-0.05, 0) is 91.5 Å². The Bertz CT molecular complexity index is 1370. The number of aliphatic hydroxyl groups is 2. The topological polar surface area (TPSA) is 58.9 Å². The highest BCUT2D eigenvalue weighted by molar-refractivity contribution is 5.49. The zero-order valence-electron chi connectivity index (χ0n) is 27.3. The number of hydrogen-bond donors (Lipinski definition) is 2. The molecule has 1 aliphatic rings. The van der Waals surface area contributed by atoms with Gasteiger partial charge >= 0.3 is 0 Å². The molecule has 0 radical (unpaired) electrons. The number of ether oxygens (including phenoxy) is 2. The summed E-state index contributed by atoms with van der Waals surface area (Å²) in [7, 11) is 0. The molecule has 1 fully saturated rings. The van der Waals surface area contributed by atoms with Gasteiger partial charge in [-0.1, -0.05) is 117 Å². The highest BCUT2D eigenvalue weighted by Crippen LogP contribution is 2.51. The van der Waals surface area contributed by atoms with Crippen molar-refractivity contribution in [2.45, 2.75) is 98.4 Å². The predicted octanol–water partition coefficient (Wildman–Crippen LogP) is 7.85. The van der Waals surface area contributed by atoms with Crippen LogP contribution in [0.5, 0.6) is 0 Å². The van der Waals surface area contributed by atoms with Gasteiger partial charge in [-0.3, -0.25) is 0 Å². The van der Waals surface area contributed by atoms with Gasteiger partial charge in [-0.15, -0.1) is 0 Å². The number of hydrogen-bond acceptors (Lipinski definition) is 4. The van der Waals surface area contributed by atoms with Crippen molar-refractivity contribution in [1.82, 2.24) is 0 Å². The van der Waals surface area contributed by atoms with Gasteiger partial charge in [-0.25, -0.2) is 0 Å². The maximum absolute atomic E-state index is 13.3. The summed E-state index contributed by atoms with van der Waals surface area (Å²) in [6.07, 6.45) is -1.95. The lowest BCUT2D eigenvalue weighted by Gasteiger charge is -2.43. The molecule has 0 saturated carbocycles. The Morgan fingerprint density at radius 1 is 0.419 bits per heavy atom. The smallest absolute Gasteiger partial charge is 0.164 e. The van der Waals surface area contributed by atoms with Crippen LogP contribution in [0.3, 0.4) is 0 Å². The third-order valence-electron chi connectivity index (χ3n) is 8.57. The molecule has 4 nitrogen and oxygen atoms in total. The molecule has 5 rings (SSSR count). The van der Waals surface area contributed by atoms with Crippen molar-refractivity contribution < 1.29 is 19.7 Å². The van der Waals surface area contributed by atoms with Crippen LogP contribution in [0.2, 0.25) is 0 Å². The molecule has 4 aromatic rings. The maximum atomic E-state index is 13.3. The van der Waals surface area contributed by atoms with Crippen LogP contribution < -0.4 is 0 Å². The summed E-state index contributed by atoms with van der Waals surface area (Å²) in [5, 5.41) is 26.6. The van der Waals surface area contributed by atoms with Crippen LogP contribution in [0.4, 0.5) is 0 Å². The molecule has 1 aliphatic heterocycles. The molecule has 1 saturated heterocycles. The van der Waals surface area contributed by atoms with E-state index in [9.17, 15) is 10.2 Å². The van der Waals surface area contributed by atoms with E-state index in [4.69, 9.17) is 9.47 Å². The van der Waals surface area contributed by atoms with Gasteiger partial charge in [0.2, 0.25) is 0 Å². The molecule has 0 aromatic heterocycles. The van der Waals surface area contributed by atoms with Crippen LogP contribution in [-0.4, -0.2) is 28.2 Å². The van der Waals surface area contributed by atoms with Gasteiger partial charge in [0.25, 0.3) is 0 Å². The van der Waals surface area contributed by atoms with Crippen LogP contribution in [0.15, 0.2) is 72.8 Å². The molecule has 0 spiro atoms. The molecule has 1 heterocycles. The van der Waals surface area contributed by atoms with Gasteiger partial charge < -0.3 is 19.7 Å². The summed E-state index contributed by atoms with van der Waals surface area (Å²) >= 11 is 0. The van der Waals surface area contributed by atoms with Gasteiger partial charge in [0.05, 0.1) is 0 Å². The van der Waals surface area contributed by atoms with Crippen molar-refractivity contribution in [1.29, 1.82) is 0 Å². The normalized spacial score (nSPS) is 18.7. The summed E-state index contributed by atoms with van der Waals surface area (Å²) in [6, 6.07) is 24.5. The summed E-state index contributed by atoms with van der Waals surface area (Å²) in [4.78, 5) is 0. The van der Waals surface area contributed by atoms with E-state index in [0.29, 0.717) is 22.3 Å². The third-order valence-corrected chi connectivity index (χ3v) is 8.57. The Morgan fingerprint density at radius 2 is 0.605 bits per heavy atom. The molecule has 0 aliphatic carbocycles. The van der Waals surface area contributed by atoms with Crippen molar-refractivity contribution >= 4 is 0 Å². The Labute approximate surface area is 257 Å². The maximum Gasteiger partial charge on any atom is 0.164 e. The molecule has 0 amide bonds. The van der Waals surface area contributed by atoms with E-state index in [0.717, 1.165) is 44.5 Å². The summed E-state index contributed by atoms with van der Waals surface area (Å²) in [5.41, 5.74) is 7.77. The fraction of sp³-hybridized carbons (Fsp3) is 0.385.